The van der Waals surface area contributed by atoms with Crippen molar-refractivity contribution >= 4 is 17.3 Å². The van der Waals surface area contributed by atoms with Gasteiger partial charge in [-0.1, -0.05) is 0 Å². The minimum atomic E-state index is -0.306. The van der Waals surface area contributed by atoms with E-state index in [4.69, 9.17) is 16.2 Å². The molecule has 0 atom stereocenters. The number of ether oxygens (including phenoxy) is 1. The Hall–Kier alpha value is -1.75. The van der Waals surface area contributed by atoms with E-state index in [0.717, 1.165) is 0 Å². The third-order valence-corrected chi connectivity index (χ3v) is 2.94. The lowest BCUT2D eigenvalue weighted by molar-refractivity contribution is -0.0763. The third-order valence-electron chi connectivity index (χ3n) is 2.94. The number of carbonyl (C=O) groups excluding carboxylic acids is 1. The molecule has 0 radical (unpaired) electrons. The monoisotopic (exact) mass is 249 g/mol. The molecule has 4 N–H and O–H groups in total. The molecule has 1 aromatic carbocycles. The highest BCUT2D eigenvalue weighted by atomic mass is 16.5. The summed E-state index contributed by atoms with van der Waals surface area (Å²) in [4.78, 5) is 14.1. The largest absolute Gasteiger partial charge is 0.399 e. The summed E-state index contributed by atoms with van der Waals surface area (Å²) in [6.07, 6.45) is 0. The second-order valence-corrected chi connectivity index (χ2v) is 5.22. The zero-order valence-electron chi connectivity index (χ0n) is 10.8. The molecule has 0 aliphatic carbocycles. The van der Waals surface area contributed by atoms with Crippen LogP contribution in [-0.2, 0) is 4.74 Å². The molecule has 98 valence electrons. The average Bonchev–Trinajstić information content (AvgIpc) is 2.25. The molecule has 1 aromatic rings. The van der Waals surface area contributed by atoms with Gasteiger partial charge in [-0.05, 0) is 32.0 Å². The number of amides is 1. The average molecular weight is 249 g/mol. The summed E-state index contributed by atoms with van der Waals surface area (Å²) in [5.74, 6) is -0.0506. The Kier molecular flexibility index (Phi) is 3.17. The van der Waals surface area contributed by atoms with Crippen molar-refractivity contribution in [1.82, 2.24) is 4.90 Å². The number of carbonyl (C=O) groups is 1. The van der Waals surface area contributed by atoms with Crippen LogP contribution in [0.5, 0.6) is 0 Å². The molecule has 18 heavy (non-hydrogen) atoms. The Morgan fingerprint density at radius 3 is 2.44 bits per heavy atom. The Morgan fingerprint density at radius 2 is 1.89 bits per heavy atom. The summed E-state index contributed by atoms with van der Waals surface area (Å²) in [6.45, 7) is 5.66. The molecule has 1 heterocycles. The predicted molar refractivity (Wildman–Crippen MR) is 71.2 cm³/mol. The van der Waals surface area contributed by atoms with Gasteiger partial charge in [-0.2, -0.15) is 0 Å². The zero-order valence-corrected chi connectivity index (χ0v) is 10.8. The van der Waals surface area contributed by atoms with Gasteiger partial charge in [0.25, 0.3) is 5.91 Å². The van der Waals surface area contributed by atoms with Crippen molar-refractivity contribution in [2.75, 3.05) is 31.2 Å². The van der Waals surface area contributed by atoms with Gasteiger partial charge in [0.1, 0.15) is 0 Å². The SMILES string of the molecule is CC1(C)CN(C(=O)c2cc(N)cc(N)c2)CCO1. The molecule has 1 aliphatic rings. The first-order valence-corrected chi connectivity index (χ1v) is 5.97. The summed E-state index contributed by atoms with van der Waals surface area (Å²) in [5.41, 5.74) is 12.6. The molecule has 2 rings (SSSR count). The Balaban J connectivity index is 2.20. The van der Waals surface area contributed by atoms with Crippen LogP contribution in [0.4, 0.5) is 11.4 Å². The molecule has 5 heteroatoms. The van der Waals surface area contributed by atoms with E-state index in [2.05, 4.69) is 0 Å². The van der Waals surface area contributed by atoms with Crippen LogP contribution in [0.15, 0.2) is 18.2 Å². The van der Waals surface area contributed by atoms with Gasteiger partial charge in [0, 0.05) is 30.0 Å². The number of rotatable bonds is 1. The first kappa shape index (κ1) is 12.7. The summed E-state index contributed by atoms with van der Waals surface area (Å²) in [7, 11) is 0. The van der Waals surface area contributed by atoms with Crippen LogP contribution in [0.2, 0.25) is 0 Å². The number of hydrogen-bond acceptors (Lipinski definition) is 4. The number of morpholine rings is 1. The number of hydrogen-bond donors (Lipinski definition) is 2. The first-order chi connectivity index (χ1) is 8.37. The number of anilines is 2. The second-order valence-electron chi connectivity index (χ2n) is 5.22. The minimum absolute atomic E-state index is 0.0506. The maximum absolute atomic E-state index is 12.4. The van der Waals surface area contributed by atoms with E-state index in [1.165, 1.54) is 0 Å². The molecule has 0 aromatic heterocycles. The van der Waals surface area contributed by atoms with E-state index in [1.54, 1.807) is 23.1 Å². The molecule has 0 saturated carbocycles. The van der Waals surface area contributed by atoms with E-state index in [1.807, 2.05) is 13.8 Å². The standard InChI is InChI=1S/C13H19N3O2/c1-13(2)8-16(3-4-18-13)12(17)9-5-10(14)7-11(15)6-9/h5-7H,3-4,8,14-15H2,1-2H3. The van der Waals surface area contributed by atoms with Crippen LogP contribution in [0.3, 0.4) is 0 Å². The molecule has 0 unspecified atom stereocenters. The minimum Gasteiger partial charge on any atom is -0.399 e. The van der Waals surface area contributed by atoms with Crippen molar-refractivity contribution in [3.63, 3.8) is 0 Å². The van der Waals surface area contributed by atoms with Gasteiger partial charge < -0.3 is 21.1 Å². The summed E-state index contributed by atoms with van der Waals surface area (Å²) < 4.78 is 5.59. The highest BCUT2D eigenvalue weighted by Gasteiger charge is 2.30. The van der Waals surface area contributed by atoms with Crippen LogP contribution in [0.1, 0.15) is 24.2 Å². The van der Waals surface area contributed by atoms with Crippen molar-refractivity contribution in [3.05, 3.63) is 23.8 Å². The van der Waals surface area contributed by atoms with Crippen LogP contribution in [-0.4, -0.2) is 36.1 Å². The van der Waals surface area contributed by atoms with Crippen LogP contribution >= 0.6 is 0 Å². The molecule has 1 amide bonds. The molecule has 0 bridgehead atoms. The number of nitrogens with two attached hydrogens (primary N) is 2. The molecular formula is C13H19N3O2. The van der Waals surface area contributed by atoms with Crippen LogP contribution < -0.4 is 11.5 Å². The quantitative estimate of drug-likeness (QED) is 0.730. The van der Waals surface area contributed by atoms with Gasteiger partial charge in [0.2, 0.25) is 0 Å². The summed E-state index contributed by atoms with van der Waals surface area (Å²) in [5, 5.41) is 0. The number of nitrogen functional groups attached to an aromatic ring is 2. The van der Waals surface area contributed by atoms with Gasteiger partial charge >= 0.3 is 0 Å². The Labute approximate surface area is 107 Å². The topological polar surface area (TPSA) is 81.6 Å². The van der Waals surface area contributed by atoms with E-state index >= 15 is 0 Å². The maximum atomic E-state index is 12.4. The Bertz CT molecular complexity index is 451. The number of benzene rings is 1. The normalized spacial score (nSPS) is 18.7. The third kappa shape index (κ3) is 2.73. The van der Waals surface area contributed by atoms with Crippen LogP contribution in [0, 0.1) is 0 Å². The van der Waals surface area contributed by atoms with Gasteiger partial charge in [-0.15, -0.1) is 0 Å². The summed E-state index contributed by atoms with van der Waals surface area (Å²) in [6, 6.07) is 4.95. The highest BCUT2D eigenvalue weighted by Crippen LogP contribution is 2.20. The smallest absolute Gasteiger partial charge is 0.254 e. The van der Waals surface area contributed by atoms with Gasteiger partial charge in [-0.25, -0.2) is 0 Å². The lowest BCUT2D eigenvalue weighted by atomic mass is 10.1. The zero-order chi connectivity index (χ0) is 13.3. The molecule has 1 aliphatic heterocycles. The van der Waals surface area contributed by atoms with Gasteiger partial charge in [0.05, 0.1) is 12.2 Å². The molecule has 1 fully saturated rings. The molecular weight excluding hydrogens is 230 g/mol. The molecule has 1 saturated heterocycles. The summed E-state index contributed by atoms with van der Waals surface area (Å²) >= 11 is 0. The Morgan fingerprint density at radius 1 is 1.28 bits per heavy atom. The fourth-order valence-electron chi connectivity index (χ4n) is 2.17. The molecule has 0 spiro atoms. The van der Waals surface area contributed by atoms with Crippen molar-refractivity contribution < 1.29 is 9.53 Å². The van der Waals surface area contributed by atoms with Crippen LogP contribution in [0.25, 0.3) is 0 Å². The van der Waals surface area contributed by atoms with Crippen molar-refractivity contribution in [1.29, 1.82) is 0 Å². The van der Waals surface area contributed by atoms with Gasteiger partial charge in [-0.3, -0.25) is 4.79 Å². The number of nitrogens with zero attached hydrogens (tertiary/aromatic N) is 1. The fraction of sp³-hybridized carbons (Fsp3) is 0.462. The van der Waals surface area contributed by atoms with Crippen molar-refractivity contribution in [2.45, 2.75) is 19.4 Å². The van der Waals surface area contributed by atoms with E-state index in [9.17, 15) is 4.79 Å². The second kappa shape index (κ2) is 4.49. The predicted octanol–water partition coefficient (Wildman–Crippen LogP) is 1.10. The van der Waals surface area contributed by atoms with E-state index in [-0.39, 0.29) is 11.5 Å². The molecule has 5 nitrogen and oxygen atoms in total. The maximum Gasteiger partial charge on any atom is 0.254 e. The fourth-order valence-corrected chi connectivity index (χ4v) is 2.17. The first-order valence-electron chi connectivity index (χ1n) is 5.97. The van der Waals surface area contributed by atoms with E-state index < -0.39 is 0 Å². The highest BCUT2D eigenvalue weighted by molar-refractivity contribution is 5.96. The van der Waals surface area contributed by atoms with Crippen molar-refractivity contribution in [2.24, 2.45) is 0 Å². The lowest BCUT2D eigenvalue weighted by Crippen LogP contribution is -2.50. The van der Waals surface area contributed by atoms with Crippen molar-refractivity contribution in [3.8, 4) is 0 Å². The van der Waals surface area contributed by atoms with E-state index in [0.29, 0.717) is 36.6 Å². The lowest BCUT2D eigenvalue weighted by Gasteiger charge is -2.38. The van der Waals surface area contributed by atoms with Gasteiger partial charge in [0.15, 0.2) is 0 Å².